The van der Waals surface area contributed by atoms with Crippen LogP contribution in [0, 0.1) is 0 Å². The van der Waals surface area contributed by atoms with Crippen LogP contribution in [-0.2, 0) is 9.59 Å². The Kier molecular flexibility index (Phi) is 2.82. The number of hydrogen-bond donors (Lipinski definition) is 3. The molecule has 0 saturated carbocycles. The van der Waals surface area contributed by atoms with E-state index in [-0.39, 0.29) is 12.1 Å². The molecule has 1 atom stereocenters. The van der Waals surface area contributed by atoms with Crippen LogP contribution in [0.25, 0.3) is 0 Å². The van der Waals surface area contributed by atoms with Crippen molar-refractivity contribution in [3.8, 4) is 0 Å². The van der Waals surface area contributed by atoms with Crippen LogP contribution in [0.3, 0.4) is 0 Å². The Labute approximate surface area is 58.0 Å². The molecule has 0 unspecified atom stereocenters. The van der Waals surface area contributed by atoms with Crippen molar-refractivity contribution >= 4 is 11.9 Å². The molecule has 1 rings (SSSR count). The summed E-state index contributed by atoms with van der Waals surface area (Å²) < 4.78 is 0. The highest BCUT2D eigenvalue weighted by Crippen LogP contribution is 2.05. The zero-order valence-corrected chi connectivity index (χ0v) is 5.46. The van der Waals surface area contributed by atoms with Gasteiger partial charge in [0.15, 0.2) is 0 Å². The van der Waals surface area contributed by atoms with Gasteiger partial charge in [-0.15, -0.1) is 0 Å². The van der Waals surface area contributed by atoms with Gasteiger partial charge < -0.3 is 16.6 Å². The molecule has 0 spiro atoms. The van der Waals surface area contributed by atoms with E-state index in [1.165, 1.54) is 0 Å². The summed E-state index contributed by atoms with van der Waals surface area (Å²) in [5, 5.41) is 10.6. The summed E-state index contributed by atoms with van der Waals surface area (Å²) in [6.07, 6.45) is 0.769. The van der Waals surface area contributed by atoms with Gasteiger partial charge in [0.2, 0.25) is 5.91 Å². The summed E-state index contributed by atoms with van der Waals surface area (Å²) in [6.45, 7) is 0. The van der Waals surface area contributed by atoms with E-state index in [0.717, 1.165) is 0 Å². The van der Waals surface area contributed by atoms with Crippen molar-refractivity contribution in [1.82, 2.24) is 11.5 Å². The maximum atomic E-state index is 10.4. The molecule has 1 aliphatic rings. The van der Waals surface area contributed by atoms with E-state index in [1.807, 2.05) is 0 Å². The van der Waals surface area contributed by atoms with Gasteiger partial charge in [-0.25, -0.2) is 4.79 Å². The molecule has 0 radical (unpaired) electrons. The van der Waals surface area contributed by atoms with Gasteiger partial charge in [-0.3, -0.25) is 4.79 Å². The average Bonchev–Trinajstić information content (AvgIpc) is 2.14. The minimum absolute atomic E-state index is 0. The molecule has 0 aromatic carbocycles. The highest BCUT2D eigenvalue weighted by Gasteiger charge is 2.26. The molecule has 5 nitrogen and oxygen atoms in total. The first-order valence-corrected chi connectivity index (χ1v) is 2.72. The van der Waals surface area contributed by atoms with Crippen LogP contribution in [-0.4, -0.2) is 23.0 Å². The Balaban J connectivity index is 0.000000810. The van der Waals surface area contributed by atoms with Crippen molar-refractivity contribution < 1.29 is 14.7 Å². The minimum atomic E-state index is -0.944. The molecule has 5 N–H and O–H groups in total. The monoisotopic (exact) mass is 146 g/mol. The summed E-state index contributed by atoms with van der Waals surface area (Å²) in [7, 11) is 0. The molecular formula is C5H10N2O3. The number of nitrogens with one attached hydrogen (secondary N) is 1. The second-order valence-corrected chi connectivity index (χ2v) is 2.00. The first-order valence-electron chi connectivity index (χ1n) is 2.72. The lowest BCUT2D eigenvalue weighted by Crippen LogP contribution is -2.32. The second-order valence-electron chi connectivity index (χ2n) is 2.00. The average molecular weight is 146 g/mol. The molecule has 58 valence electrons. The molecule has 1 amide bonds. The summed E-state index contributed by atoms with van der Waals surface area (Å²) in [5.74, 6) is -1.11. The van der Waals surface area contributed by atoms with Crippen molar-refractivity contribution in [2.24, 2.45) is 0 Å². The van der Waals surface area contributed by atoms with Crippen molar-refractivity contribution in [3.63, 3.8) is 0 Å². The normalized spacial score (nSPS) is 23.2. The molecule has 5 heteroatoms. The van der Waals surface area contributed by atoms with Gasteiger partial charge in [-0.1, -0.05) is 0 Å². The Morgan fingerprint density at radius 1 is 1.70 bits per heavy atom. The fraction of sp³-hybridized carbons (Fsp3) is 0.600. The largest absolute Gasteiger partial charge is 0.480 e. The maximum Gasteiger partial charge on any atom is 0.326 e. The fourth-order valence-electron chi connectivity index (χ4n) is 0.799. The third-order valence-corrected chi connectivity index (χ3v) is 1.29. The van der Waals surface area contributed by atoms with E-state index in [1.54, 1.807) is 0 Å². The van der Waals surface area contributed by atoms with E-state index >= 15 is 0 Å². The SMILES string of the molecule is N.O=C1CC[C@H](C(=O)O)N1. The van der Waals surface area contributed by atoms with Gasteiger partial charge in [-0.2, -0.15) is 0 Å². The first kappa shape index (κ1) is 8.90. The third-order valence-electron chi connectivity index (χ3n) is 1.29. The zero-order valence-electron chi connectivity index (χ0n) is 5.46. The summed E-state index contributed by atoms with van der Waals surface area (Å²) in [6, 6.07) is -0.641. The molecular weight excluding hydrogens is 136 g/mol. The lowest BCUT2D eigenvalue weighted by atomic mass is 10.2. The minimum Gasteiger partial charge on any atom is -0.480 e. The Morgan fingerprint density at radius 2 is 2.30 bits per heavy atom. The molecule has 1 heterocycles. The molecule has 1 saturated heterocycles. The van der Waals surface area contributed by atoms with Gasteiger partial charge in [0.05, 0.1) is 0 Å². The molecule has 1 aliphatic heterocycles. The number of carbonyl (C=O) groups excluding carboxylic acids is 1. The Bertz CT molecular complexity index is 157. The predicted molar refractivity (Wildman–Crippen MR) is 33.8 cm³/mol. The Hall–Kier alpha value is -1.10. The fourth-order valence-corrected chi connectivity index (χ4v) is 0.799. The van der Waals surface area contributed by atoms with E-state index in [9.17, 15) is 9.59 Å². The maximum absolute atomic E-state index is 10.4. The first-order chi connectivity index (χ1) is 4.20. The second kappa shape index (κ2) is 3.17. The van der Waals surface area contributed by atoms with Crippen LogP contribution >= 0.6 is 0 Å². The van der Waals surface area contributed by atoms with Crippen LogP contribution in [0.15, 0.2) is 0 Å². The Morgan fingerprint density at radius 3 is 2.50 bits per heavy atom. The van der Waals surface area contributed by atoms with E-state index in [4.69, 9.17) is 5.11 Å². The van der Waals surface area contributed by atoms with Crippen LogP contribution in [0.2, 0.25) is 0 Å². The molecule has 1 fully saturated rings. The van der Waals surface area contributed by atoms with E-state index < -0.39 is 12.0 Å². The molecule has 0 aromatic rings. The summed E-state index contributed by atoms with van der Waals surface area (Å²) in [5.41, 5.74) is 0. The highest BCUT2D eigenvalue weighted by molar-refractivity contribution is 5.87. The number of rotatable bonds is 1. The standard InChI is InChI=1S/C5H7NO3.H3N/c7-4-2-1-3(6-4)5(8)9;/h3H,1-2H2,(H,6,7)(H,8,9);1H3/t3-;/m1./s1. The summed E-state index contributed by atoms with van der Waals surface area (Å²) >= 11 is 0. The highest BCUT2D eigenvalue weighted by atomic mass is 16.4. The lowest BCUT2D eigenvalue weighted by molar-refractivity contribution is -0.140. The number of carboxylic acid groups (broad SMARTS) is 1. The number of hydrogen-bond acceptors (Lipinski definition) is 3. The number of carboxylic acids is 1. The van der Waals surface area contributed by atoms with Crippen molar-refractivity contribution in [2.75, 3.05) is 0 Å². The smallest absolute Gasteiger partial charge is 0.326 e. The molecule has 0 aromatic heterocycles. The van der Waals surface area contributed by atoms with E-state index in [2.05, 4.69) is 5.32 Å². The van der Waals surface area contributed by atoms with E-state index in [0.29, 0.717) is 12.8 Å². The number of aliphatic carboxylic acids is 1. The van der Waals surface area contributed by atoms with Crippen LogP contribution < -0.4 is 11.5 Å². The van der Waals surface area contributed by atoms with Gasteiger partial charge in [0.25, 0.3) is 0 Å². The van der Waals surface area contributed by atoms with Crippen LogP contribution in [0.1, 0.15) is 12.8 Å². The van der Waals surface area contributed by atoms with Gasteiger partial charge in [0.1, 0.15) is 6.04 Å². The topological polar surface area (TPSA) is 101 Å². The number of carbonyl (C=O) groups is 2. The molecule has 0 bridgehead atoms. The van der Waals surface area contributed by atoms with Crippen LogP contribution in [0.5, 0.6) is 0 Å². The van der Waals surface area contributed by atoms with Gasteiger partial charge >= 0.3 is 5.97 Å². The van der Waals surface area contributed by atoms with Crippen LogP contribution in [0.4, 0.5) is 0 Å². The lowest BCUT2D eigenvalue weighted by Gasteiger charge is -1.99. The third kappa shape index (κ3) is 1.70. The predicted octanol–water partition coefficient (Wildman–Crippen LogP) is -0.488. The number of amides is 1. The van der Waals surface area contributed by atoms with Gasteiger partial charge in [-0.05, 0) is 6.42 Å². The van der Waals surface area contributed by atoms with Crippen molar-refractivity contribution in [3.05, 3.63) is 0 Å². The zero-order chi connectivity index (χ0) is 6.85. The van der Waals surface area contributed by atoms with Gasteiger partial charge in [0, 0.05) is 6.42 Å². The molecule has 10 heavy (non-hydrogen) atoms. The van der Waals surface area contributed by atoms with Crippen molar-refractivity contribution in [1.29, 1.82) is 0 Å². The van der Waals surface area contributed by atoms with Crippen molar-refractivity contribution in [2.45, 2.75) is 18.9 Å². The molecule has 0 aliphatic carbocycles. The summed E-state index contributed by atoms with van der Waals surface area (Å²) in [4.78, 5) is 20.5. The quantitative estimate of drug-likeness (QED) is 0.464.